The van der Waals surface area contributed by atoms with Crippen molar-refractivity contribution in [3.63, 3.8) is 0 Å². The number of carbonyl (C=O) groups excluding carboxylic acids is 1. The predicted molar refractivity (Wildman–Crippen MR) is 110 cm³/mol. The van der Waals surface area contributed by atoms with Gasteiger partial charge in [0.25, 0.3) is 10.0 Å². The summed E-state index contributed by atoms with van der Waals surface area (Å²) >= 11 is 0. The van der Waals surface area contributed by atoms with Crippen LogP contribution < -0.4 is 0 Å². The Morgan fingerprint density at radius 3 is 2.50 bits per heavy atom. The third-order valence-electron chi connectivity index (χ3n) is 5.02. The van der Waals surface area contributed by atoms with Crippen LogP contribution in [0, 0.1) is 0 Å². The highest BCUT2D eigenvalue weighted by molar-refractivity contribution is 7.90. The summed E-state index contributed by atoms with van der Waals surface area (Å²) in [6, 6.07) is 15.3. The van der Waals surface area contributed by atoms with Crippen molar-refractivity contribution in [1.82, 2.24) is 3.97 Å². The molecule has 0 N–H and O–H groups in total. The molecule has 1 aliphatic heterocycles. The Morgan fingerprint density at radius 1 is 1.13 bits per heavy atom. The summed E-state index contributed by atoms with van der Waals surface area (Å²) in [6.45, 7) is -0.0617. The standard InChI is InChI=1S/C21H20N2O6S/c1-27-19(24)21(14-29-20(22-21)28-2)12-15-13-23(18-11-7-6-10-17(15)18)30(25,26)16-8-4-3-5-9-16/h3-11,13H,12,14H2,1-2H3/t21-/m1/s1. The first-order valence-corrected chi connectivity index (χ1v) is 10.6. The zero-order valence-corrected chi connectivity index (χ0v) is 17.3. The van der Waals surface area contributed by atoms with Crippen LogP contribution in [0.15, 0.2) is 70.7 Å². The molecule has 4 rings (SSSR count). The van der Waals surface area contributed by atoms with E-state index >= 15 is 0 Å². The number of rotatable bonds is 5. The summed E-state index contributed by atoms with van der Waals surface area (Å²) in [4.78, 5) is 17.0. The SMILES string of the molecule is COC(=O)[C@@]1(Cc2cn(S(=O)(=O)c3ccccc3)c3ccccc23)COC(OC)=N1. The number of fused-ring (bicyclic) bond motifs is 1. The maximum atomic E-state index is 13.3. The number of hydrogen-bond acceptors (Lipinski definition) is 7. The number of nitrogens with zero attached hydrogens (tertiary/aromatic N) is 2. The van der Waals surface area contributed by atoms with E-state index in [1.54, 1.807) is 42.5 Å². The van der Waals surface area contributed by atoms with E-state index in [2.05, 4.69) is 4.99 Å². The molecule has 1 aromatic heterocycles. The van der Waals surface area contributed by atoms with Crippen LogP contribution in [0.2, 0.25) is 0 Å². The lowest BCUT2D eigenvalue weighted by atomic mass is 9.92. The predicted octanol–water partition coefficient (Wildman–Crippen LogP) is 2.37. The molecule has 1 aliphatic rings. The molecule has 0 spiro atoms. The largest absolute Gasteiger partial charge is 0.467 e. The fourth-order valence-electron chi connectivity index (χ4n) is 3.56. The molecule has 3 aromatic rings. The monoisotopic (exact) mass is 428 g/mol. The van der Waals surface area contributed by atoms with Crippen molar-refractivity contribution in [1.29, 1.82) is 0 Å². The summed E-state index contributed by atoms with van der Waals surface area (Å²) in [7, 11) is -1.17. The average molecular weight is 428 g/mol. The first-order chi connectivity index (χ1) is 14.4. The molecule has 0 amide bonds. The summed E-state index contributed by atoms with van der Waals surface area (Å²) in [6.07, 6.45) is 1.60. The number of ether oxygens (including phenoxy) is 3. The van der Waals surface area contributed by atoms with Gasteiger partial charge in [0, 0.05) is 18.0 Å². The van der Waals surface area contributed by atoms with Crippen LogP contribution in [0.25, 0.3) is 10.9 Å². The van der Waals surface area contributed by atoms with E-state index in [9.17, 15) is 13.2 Å². The van der Waals surface area contributed by atoms with Crippen LogP contribution in [0.3, 0.4) is 0 Å². The van der Waals surface area contributed by atoms with Gasteiger partial charge in [0.1, 0.15) is 6.61 Å². The quantitative estimate of drug-likeness (QED) is 0.579. The molecule has 0 bridgehead atoms. The van der Waals surface area contributed by atoms with E-state index in [1.165, 1.54) is 24.4 Å². The zero-order chi connectivity index (χ0) is 21.4. The molecule has 0 unspecified atom stereocenters. The van der Waals surface area contributed by atoms with Crippen molar-refractivity contribution in [2.45, 2.75) is 16.9 Å². The van der Waals surface area contributed by atoms with Crippen LogP contribution in [-0.2, 0) is 35.4 Å². The summed E-state index contributed by atoms with van der Waals surface area (Å²) in [5, 5.41) is 0.696. The Morgan fingerprint density at radius 2 is 1.83 bits per heavy atom. The number of aromatic nitrogens is 1. The molecule has 0 fully saturated rings. The van der Waals surface area contributed by atoms with Crippen LogP contribution in [0.1, 0.15) is 5.56 Å². The normalized spacial score (nSPS) is 18.7. The molecule has 156 valence electrons. The molecule has 0 saturated heterocycles. The number of methoxy groups -OCH3 is 2. The second kappa shape index (κ2) is 7.49. The Hall–Kier alpha value is -3.33. The van der Waals surface area contributed by atoms with Crippen LogP contribution in [0.4, 0.5) is 0 Å². The minimum atomic E-state index is -3.83. The van der Waals surface area contributed by atoms with E-state index in [0.29, 0.717) is 16.5 Å². The topological polar surface area (TPSA) is 96.2 Å². The molecule has 0 saturated carbocycles. The molecule has 2 aromatic carbocycles. The third kappa shape index (κ3) is 3.21. The fraction of sp³-hybridized carbons (Fsp3) is 0.238. The Kier molecular flexibility index (Phi) is 4.98. The molecule has 30 heavy (non-hydrogen) atoms. The van der Waals surface area contributed by atoms with Crippen molar-refractivity contribution in [2.75, 3.05) is 20.8 Å². The van der Waals surface area contributed by atoms with Gasteiger partial charge in [-0.1, -0.05) is 36.4 Å². The van der Waals surface area contributed by atoms with Gasteiger partial charge in [0.15, 0.2) is 0 Å². The van der Waals surface area contributed by atoms with Gasteiger partial charge in [0.05, 0.1) is 24.6 Å². The maximum absolute atomic E-state index is 13.3. The molecule has 8 nitrogen and oxygen atoms in total. The number of aliphatic imine (C=N–C) groups is 1. The Balaban J connectivity index is 1.86. The van der Waals surface area contributed by atoms with Gasteiger partial charge < -0.3 is 14.2 Å². The highest BCUT2D eigenvalue weighted by Gasteiger charge is 2.47. The van der Waals surface area contributed by atoms with Gasteiger partial charge in [-0.05, 0) is 23.8 Å². The van der Waals surface area contributed by atoms with Crippen LogP contribution >= 0.6 is 0 Å². The third-order valence-corrected chi connectivity index (χ3v) is 6.71. The van der Waals surface area contributed by atoms with Crippen molar-refractivity contribution >= 4 is 33.0 Å². The lowest BCUT2D eigenvalue weighted by Gasteiger charge is -2.20. The van der Waals surface area contributed by atoms with Crippen LogP contribution in [0.5, 0.6) is 0 Å². The Labute approximate surface area is 173 Å². The fourth-order valence-corrected chi connectivity index (χ4v) is 4.97. The first kappa shape index (κ1) is 20.0. The lowest BCUT2D eigenvalue weighted by molar-refractivity contribution is -0.147. The van der Waals surface area contributed by atoms with E-state index in [1.807, 2.05) is 12.1 Å². The highest BCUT2D eigenvalue weighted by Crippen LogP contribution is 2.32. The second-order valence-electron chi connectivity index (χ2n) is 6.86. The first-order valence-electron chi connectivity index (χ1n) is 9.16. The van der Waals surface area contributed by atoms with Gasteiger partial charge in [-0.25, -0.2) is 17.2 Å². The number of carbonyl (C=O) groups is 1. The second-order valence-corrected chi connectivity index (χ2v) is 8.67. The van der Waals surface area contributed by atoms with Gasteiger partial charge >= 0.3 is 12.1 Å². The van der Waals surface area contributed by atoms with E-state index in [-0.39, 0.29) is 24.0 Å². The minimum absolute atomic E-state index is 0.0129. The summed E-state index contributed by atoms with van der Waals surface area (Å²) in [5.74, 6) is -0.586. The number of hydrogen-bond donors (Lipinski definition) is 0. The molecule has 0 aliphatic carbocycles. The van der Waals surface area contributed by atoms with Gasteiger partial charge in [-0.3, -0.25) is 0 Å². The number of benzene rings is 2. The van der Waals surface area contributed by atoms with Crippen molar-refractivity contribution in [2.24, 2.45) is 4.99 Å². The maximum Gasteiger partial charge on any atom is 0.384 e. The van der Waals surface area contributed by atoms with Crippen molar-refractivity contribution in [3.8, 4) is 0 Å². The molecule has 0 radical (unpaired) electrons. The van der Waals surface area contributed by atoms with Gasteiger partial charge in [0.2, 0.25) is 5.54 Å². The molecular weight excluding hydrogens is 408 g/mol. The van der Waals surface area contributed by atoms with Gasteiger partial charge in [-0.15, -0.1) is 0 Å². The summed E-state index contributed by atoms with van der Waals surface area (Å²) < 4.78 is 43.1. The van der Waals surface area contributed by atoms with E-state index < -0.39 is 21.5 Å². The molecule has 9 heteroatoms. The highest BCUT2D eigenvalue weighted by atomic mass is 32.2. The van der Waals surface area contributed by atoms with E-state index in [4.69, 9.17) is 14.2 Å². The van der Waals surface area contributed by atoms with Gasteiger partial charge in [-0.2, -0.15) is 4.99 Å². The van der Waals surface area contributed by atoms with Crippen molar-refractivity contribution < 1.29 is 27.4 Å². The smallest absolute Gasteiger partial charge is 0.384 e. The average Bonchev–Trinajstić information content (AvgIpc) is 3.37. The van der Waals surface area contributed by atoms with Crippen LogP contribution in [-0.4, -0.2) is 50.8 Å². The molecule has 2 heterocycles. The zero-order valence-electron chi connectivity index (χ0n) is 16.4. The minimum Gasteiger partial charge on any atom is -0.467 e. The van der Waals surface area contributed by atoms with Crippen molar-refractivity contribution in [3.05, 3.63) is 66.4 Å². The number of esters is 1. The molecular formula is C21H20N2O6S. The number of para-hydroxylation sites is 1. The van der Waals surface area contributed by atoms with E-state index in [0.717, 1.165) is 0 Å². The summed E-state index contributed by atoms with van der Waals surface area (Å²) in [5.41, 5.74) is -0.225. The lowest BCUT2D eigenvalue weighted by Crippen LogP contribution is -2.41. The molecule has 1 atom stereocenters. The Bertz CT molecular complexity index is 1230.